The van der Waals surface area contributed by atoms with Crippen molar-refractivity contribution in [3.8, 4) is 0 Å². The Labute approximate surface area is 159 Å². The summed E-state index contributed by atoms with van der Waals surface area (Å²) in [6.07, 6.45) is 3.19. The first-order valence-electron chi connectivity index (χ1n) is 9.48. The van der Waals surface area contributed by atoms with Crippen molar-refractivity contribution < 1.29 is 23.9 Å². The lowest BCUT2D eigenvalue weighted by molar-refractivity contribution is -0.153. The molecule has 2 rings (SSSR count). The minimum Gasteiger partial charge on any atom is -0.464 e. The van der Waals surface area contributed by atoms with E-state index in [2.05, 4.69) is 10.6 Å². The van der Waals surface area contributed by atoms with E-state index in [1.54, 1.807) is 6.92 Å². The fourth-order valence-corrected chi connectivity index (χ4v) is 3.17. The van der Waals surface area contributed by atoms with Gasteiger partial charge in [0.05, 0.1) is 6.61 Å². The molecule has 7 nitrogen and oxygen atoms in total. The van der Waals surface area contributed by atoms with E-state index in [1.807, 2.05) is 30.3 Å². The second kappa shape index (κ2) is 10.5. The number of alkyl carbamates (subject to hydrolysis) is 1. The molecule has 27 heavy (non-hydrogen) atoms. The van der Waals surface area contributed by atoms with E-state index in [-0.39, 0.29) is 24.9 Å². The van der Waals surface area contributed by atoms with Crippen molar-refractivity contribution in [2.45, 2.75) is 57.6 Å². The molecule has 0 heterocycles. The third-order valence-corrected chi connectivity index (χ3v) is 4.56. The van der Waals surface area contributed by atoms with Crippen LogP contribution in [0.4, 0.5) is 4.79 Å². The van der Waals surface area contributed by atoms with Gasteiger partial charge in [0, 0.05) is 13.0 Å². The summed E-state index contributed by atoms with van der Waals surface area (Å²) in [5, 5.41) is 5.48. The monoisotopic (exact) mass is 376 g/mol. The number of hydrogen-bond acceptors (Lipinski definition) is 5. The average molecular weight is 376 g/mol. The van der Waals surface area contributed by atoms with Crippen LogP contribution in [0.25, 0.3) is 0 Å². The van der Waals surface area contributed by atoms with Gasteiger partial charge in [-0.15, -0.1) is 0 Å². The molecule has 2 N–H and O–H groups in total. The van der Waals surface area contributed by atoms with Gasteiger partial charge in [0.25, 0.3) is 0 Å². The first-order valence-corrected chi connectivity index (χ1v) is 9.48. The molecule has 0 bridgehead atoms. The molecular weight excluding hydrogens is 348 g/mol. The highest BCUT2D eigenvalue weighted by Crippen LogP contribution is 2.31. The Morgan fingerprint density at radius 2 is 1.78 bits per heavy atom. The van der Waals surface area contributed by atoms with Crippen LogP contribution in [-0.2, 0) is 25.7 Å². The van der Waals surface area contributed by atoms with Crippen LogP contribution in [0.5, 0.6) is 0 Å². The Bertz CT molecular complexity index is 627. The summed E-state index contributed by atoms with van der Waals surface area (Å²) in [5.41, 5.74) is 0.0302. The normalized spacial score (nSPS) is 15.0. The molecule has 0 radical (unpaired) electrons. The van der Waals surface area contributed by atoms with Gasteiger partial charge in [-0.3, -0.25) is 4.79 Å². The number of benzene rings is 1. The number of amides is 2. The van der Waals surface area contributed by atoms with E-state index in [0.717, 1.165) is 18.4 Å². The molecule has 0 aliphatic heterocycles. The van der Waals surface area contributed by atoms with E-state index in [9.17, 15) is 14.4 Å². The first-order chi connectivity index (χ1) is 13.1. The smallest absolute Gasteiger partial charge is 0.407 e. The number of carbonyl (C=O) groups is 3. The maximum absolute atomic E-state index is 12.2. The predicted molar refractivity (Wildman–Crippen MR) is 99.8 cm³/mol. The average Bonchev–Trinajstić information content (AvgIpc) is 3.14. The van der Waals surface area contributed by atoms with E-state index < -0.39 is 11.6 Å². The van der Waals surface area contributed by atoms with Crippen LogP contribution in [0.1, 0.15) is 51.0 Å². The van der Waals surface area contributed by atoms with Crippen LogP contribution in [0.15, 0.2) is 30.3 Å². The number of hydrogen-bond donors (Lipinski definition) is 2. The van der Waals surface area contributed by atoms with Gasteiger partial charge in [-0.05, 0) is 31.7 Å². The lowest BCUT2D eigenvalue weighted by Gasteiger charge is -2.27. The summed E-state index contributed by atoms with van der Waals surface area (Å²) in [6.45, 7) is 2.58. The van der Waals surface area contributed by atoms with E-state index >= 15 is 0 Å². The van der Waals surface area contributed by atoms with Crippen molar-refractivity contribution in [1.29, 1.82) is 0 Å². The summed E-state index contributed by atoms with van der Waals surface area (Å²) in [5.74, 6) is -0.553. The zero-order valence-electron chi connectivity index (χ0n) is 15.8. The summed E-state index contributed by atoms with van der Waals surface area (Å²) in [7, 11) is 0. The zero-order chi connectivity index (χ0) is 19.5. The van der Waals surface area contributed by atoms with Gasteiger partial charge in [0.15, 0.2) is 0 Å². The molecular formula is C20H28N2O5. The fraction of sp³-hybridized carbons (Fsp3) is 0.550. The van der Waals surface area contributed by atoms with Crippen LogP contribution in [0, 0.1) is 0 Å². The predicted octanol–water partition coefficient (Wildman–Crippen LogP) is 2.69. The molecule has 1 aliphatic rings. The number of rotatable bonds is 9. The zero-order valence-corrected chi connectivity index (χ0v) is 15.8. The molecule has 148 valence electrons. The molecule has 0 spiro atoms. The van der Waals surface area contributed by atoms with E-state index in [4.69, 9.17) is 9.47 Å². The summed E-state index contributed by atoms with van der Waals surface area (Å²) in [4.78, 5) is 36.1. The minimum atomic E-state index is -0.880. The maximum Gasteiger partial charge on any atom is 0.407 e. The van der Waals surface area contributed by atoms with Gasteiger partial charge in [0.1, 0.15) is 12.1 Å². The fourth-order valence-electron chi connectivity index (χ4n) is 3.17. The molecule has 2 amide bonds. The van der Waals surface area contributed by atoms with Gasteiger partial charge < -0.3 is 20.1 Å². The Morgan fingerprint density at radius 1 is 1.07 bits per heavy atom. The molecule has 1 aromatic rings. The van der Waals surface area contributed by atoms with Crippen molar-refractivity contribution in [2.24, 2.45) is 0 Å². The van der Waals surface area contributed by atoms with Crippen molar-refractivity contribution in [3.05, 3.63) is 35.9 Å². The van der Waals surface area contributed by atoms with Gasteiger partial charge >= 0.3 is 12.1 Å². The first kappa shape index (κ1) is 20.7. The summed E-state index contributed by atoms with van der Waals surface area (Å²) >= 11 is 0. The van der Waals surface area contributed by atoms with Crippen molar-refractivity contribution in [3.63, 3.8) is 0 Å². The second-order valence-electron chi connectivity index (χ2n) is 6.65. The molecule has 0 atom stereocenters. The minimum absolute atomic E-state index is 0.204. The molecule has 0 unspecified atom stereocenters. The van der Waals surface area contributed by atoms with E-state index in [0.29, 0.717) is 32.4 Å². The largest absolute Gasteiger partial charge is 0.464 e. The molecule has 1 aliphatic carbocycles. The lowest BCUT2D eigenvalue weighted by Crippen LogP contribution is -2.53. The van der Waals surface area contributed by atoms with Crippen LogP contribution in [-0.4, -0.2) is 36.7 Å². The Kier molecular flexibility index (Phi) is 8.10. The molecule has 1 aromatic carbocycles. The quantitative estimate of drug-likeness (QED) is 0.510. The van der Waals surface area contributed by atoms with Crippen LogP contribution >= 0.6 is 0 Å². The number of esters is 1. The van der Waals surface area contributed by atoms with E-state index in [1.165, 1.54) is 0 Å². The summed E-state index contributed by atoms with van der Waals surface area (Å²) in [6, 6.07) is 9.40. The second-order valence-corrected chi connectivity index (χ2v) is 6.65. The van der Waals surface area contributed by atoms with Crippen LogP contribution in [0.2, 0.25) is 0 Å². The van der Waals surface area contributed by atoms with Gasteiger partial charge in [-0.2, -0.15) is 0 Å². The lowest BCUT2D eigenvalue weighted by atomic mass is 9.97. The third-order valence-electron chi connectivity index (χ3n) is 4.56. The van der Waals surface area contributed by atoms with Crippen molar-refractivity contribution >= 4 is 18.0 Å². The SMILES string of the molecule is CCOC(=O)C1(NC(=O)CCCNC(=O)OCc2ccccc2)CCCC1. The number of nitrogens with one attached hydrogen (secondary N) is 2. The van der Waals surface area contributed by atoms with Crippen LogP contribution < -0.4 is 10.6 Å². The maximum atomic E-state index is 12.2. The number of carbonyl (C=O) groups excluding carboxylic acids is 3. The van der Waals surface area contributed by atoms with Crippen molar-refractivity contribution in [2.75, 3.05) is 13.2 Å². The van der Waals surface area contributed by atoms with Gasteiger partial charge in [-0.25, -0.2) is 9.59 Å². The topological polar surface area (TPSA) is 93.7 Å². The standard InChI is InChI=1S/C20H28N2O5/c1-2-26-18(24)20(12-6-7-13-20)22-17(23)11-8-14-21-19(25)27-15-16-9-4-3-5-10-16/h3-5,9-10H,2,6-8,11-15H2,1H3,(H,21,25)(H,22,23). The number of ether oxygens (including phenoxy) is 2. The Hall–Kier alpha value is -2.57. The van der Waals surface area contributed by atoms with Gasteiger partial charge in [0.2, 0.25) is 5.91 Å². The molecule has 0 aromatic heterocycles. The Morgan fingerprint density at radius 3 is 2.44 bits per heavy atom. The summed E-state index contributed by atoms with van der Waals surface area (Å²) < 4.78 is 10.2. The third kappa shape index (κ3) is 6.58. The highest BCUT2D eigenvalue weighted by Gasteiger charge is 2.43. The molecule has 7 heteroatoms. The van der Waals surface area contributed by atoms with Gasteiger partial charge in [-0.1, -0.05) is 43.2 Å². The highest BCUT2D eigenvalue weighted by molar-refractivity contribution is 5.88. The molecule has 1 fully saturated rings. The van der Waals surface area contributed by atoms with Crippen LogP contribution in [0.3, 0.4) is 0 Å². The Balaban J connectivity index is 1.65. The molecule has 0 saturated heterocycles. The molecule has 1 saturated carbocycles. The highest BCUT2D eigenvalue weighted by atomic mass is 16.5. The van der Waals surface area contributed by atoms with Crippen molar-refractivity contribution in [1.82, 2.24) is 10.6 Å².